The summed E-state index contributed by atoms with van der Waals surface area (Å²) in [6.45, 7) is -1.71. The summed E-state index contributed by atoms with van der Waals surface area (Å²) in [5.41, 5.74) is 0. The van der Waals surface area contributed by atoms with E-state index in [-0.39, 0.29) is 19.8 Å². The average Bonchev–Trinajstić information content (AvgIpc) is 2.36. The number of hydrogen-bond acceptors (Lipinski definition) is 3. The Kier molecular flexibility index (Phi) is 7.06. The van der Waals surface area contributed by atoms with Crippen molar-refractivity contribution in [3.05, 3.63) is 27.8 Å². The first-order valence-corrected chi connectivity index (χ1v) is 6.74. The summed E-state index contributed by atoms with van der Waals surface area (Å²) in [6, 6.07) is 7.11. The quantitative estimate of drug-likeness (QED) is 0.562. The minimum Gasteiger partial charge on any atom is -0.484 e. The lowest BCUT2D eigenvalue weighted by Crippen LogP contribution is -2.32. The molecule has 1 aromatic carbocycles. The van der Waals surface area contributed by atoms with Crippen LogP contribution < -0.4 is 10.1 Å². The molecule has 0 atom stereocenters. The van der Waals surface area contributed by atoms with Gasteiger partial charge in [-0.3, -0.25) is 4.79 Å². The molecule has 0 heterocycles. The molecule has 0 saturated carbocycles. The Hall–Kier alpha value is -1.03. The molecule has 1 amide bonds. The lowest BCUT2D eigenvalue weighted by atomic mass is 10.3. The molecule has 0 aromatic heterocycles. The highest BCUT2D eigenvalue weighted by Crippen LogP contribution is 2.14. The molecule has 1 aromatic rings. The number of benzene rings is 1. The number of amides is 1. The van der Waals surface area contributed by atoms with Crippen molar-refractivity contribution >= 4 is 28.5 Å². The molecule has 4 nitrogen and oxygen atoms in total. The number of halogens is 4. The van der Waals surface area contributed by atoms with Gasteiger partial charge < -0.3 is 14.8 Å². The molecule has 0 fully saturated rings. The maximum atomic E-state index is 11.7. The second-order valence-corrected chi connectivity index (χ2v) is 5.01. The Bertz CT molecular complexity index is 423. The molecule has 112 valence electrons. The topological polar surface area (TPSA) is 47.6 Å². The van der Waals surface area contributed by atoms with Crippen molar-refractivity contribution in [1.29, 1.82) is 0 Å². The SMILES string of the molecule is O=C(COc1ccc(I)cc1)NCCOCC(F)(F)F. The molecule has 0 radical (unpaired) electrons. The van der Waals surface area contributed by atoms with Crippen LogP contribution in [-0.4, -0.2) is 38.4 Å². The largest absolute Gasteiger partial charge is 0.484 e. The summed E-state index contributed by atoms with van der Waals surface area (Å²) < 4.78 is 45.8. The van der Waals surface area contributed by atoms with Crippen LogP contribution in [0.3, 0.4) is 0 Å². The van der Waals surface area contributed by atoms with Gasteiger partial charge in [-0.1, -0.05) is 0 Å². The van der Waals surface area contributed by atoms with Gasteiger partial charge in [-0.05, 0) is 46.9 Å². The fraction of sp³-hybridized carbons (Fsp3) is 0.417. The average molecular weight is 403 g/mol. The van der Waals surface area contributed by atoms with Crippen LogP contribution in [0.25, 0.3) is 0 Å². The van der Waals surface area contributed by atoms with Crippen LogP contribution in [0.1, 0.15) is 0 Å². The second-order valence-electron chi connectivity index (χ2n) is 3.76. The number of carbonyl (C=O) groups is 1. The van der Waals surface area contributed by atoms with Crippen molar-refractivity contribution in [1.82, 2.24) is 5.32 Å². The van der Waals surface area contributed by atoms with Crippen LogP contribution in [-0.2, 0) is 9.53 Å². The van der Waals surface area contributed by atoms with Crippen molar-refractivity contribution in [3.8, 4) is 5.75 Å². The van der Waals surface area contributed by atoms with E-state index in [1.807, 2.05) is 12.1 Å². The van der Waals surface area contributed by atoms with E-state index in [1.165, 1.54) is 0 Å². The second kappa shape index (κ2) is 8.30. The van der Waals surface area contributed by atoms with E-state index in [9.17, 15) is 18.0 Å². The molecule has 0 bridgehead atoms. The molecule has 1 N–H and O–H groups in total. The van der Waals surface area contributed by atoms with Gasteiger partial charge in [0.2, 0.25) is 0 Å². The van der Waals surface area contributed by atoms with E-state index in [4.69, 9.17) is 4.74 Å². The van der Waals surface area contributed by atoms with Crippen molar-refractivity contribution in [2.45, 2.75) is 6.18 Å². The van der Waals surface area contributed by atoms with E-state index >= 15 is 0 Å². The third kappa shape index (κ3) is 8.20. The van der Waals surface area contributed by atoms with E-state index in [0.29, 0.717) is 5.75 Å². The summed E-state index contributed by atoms with van der Waals surface area (Å²) in [4.78, 5) is 11.3. The number of carbonyl (C=O) groups excluding carboxylic acids is 1. The van der Waals surface area contributed by atoms with Crippen LogP contribution in [0, 0.1) is 3.57 Å². The Morgan fingerprint density at radius 1 is 1.25 bits per heavy atom. The predicted molar refractivity (Wildman–Crippen MR) is 74.5 cm³/mol. The lowest BCUT2D eigenvalue weighted by molar-refractivity contribution is -0.173. The van der Waals surface area contributed by atoms with Gasteiger partial charge in [0, 0.05) is 10.1 Å². The number of nitrogens with one attached hydrogen (secondary N) is 1. The third-order valence-electron chi connectivity index (χ3n) is 2.02. The molecule has 8 heteroatoms. The Morgan fingerprint density at radius 3 is 2.50 bits per heavy atom. The normalized spacial score (nSPS) is 11.2. The maximum Gasteiger partial charge on any atom is 0.411 e. The zero-order chi connectivity index (χ0) is 15.0. The van der Waals surface area contributed by atoms with Crippen molar-refractivity contribution < 1.29 is 27.4 Å². The van der Waals surface area contributed by atoms with Crippen molar-refractivity contribution in [2.75, 3.05) is 26.4 Å². The van der Waals surface area contributed by atoms with Gasteiger partial charge in [0.05, 0.1) is 6.61 Å². The zero-order valence-corrected chi connectivity index (χ0v) is 12.5. The van der Waals surface area contributed by atoms with Gasteiger partial charge in [0.25, 0.3) is 5.91 Å². The smallest absolute Gasteiger partial charge is 0.411 e. The Morgan fingerprint density at radius 2 is 1.90 bits per heavy atom. The minimum absolute atomic E-state index is 0.00492. The first kappa shape index (κ1) is 17.0. The lowest BCUT2D eigenvalue weighted by Gasteiger charge is -2.09. The van der Waals surface area contributed by atoms with Gasteiger partial charge in [-0.15, -0.1) is 0 Å². The Balaban J connectivity index is 2.10. The molecule has 0 saturated heterocycles. The predicted octanol–water partition coefficient (Wildman–Crippen LogP) is 2.37. The fourth-order valence-corrected chi connectivity index (χ4v) is 1.54. The van der Waals surface area contributed by atoms with Gasteiger partial charge in [0.15, 0.2) is 6.61 Å². The van der Waals surface area contributed by atoms with Crippen molar-refractivity contribution in [2.24, 2.45) is 0 Å². The van der Waals surface area contributed by atoms with Gasteiger partial charge in [0.1, 0.15) is 12.4 Å². The van der Waals surface area contributed by atoms with Crippen LogP contribution >= 0.6 is 22.6 Å². The molecule has 0 aliphatic heterocycles. The first-order chi connectivity index (χ1) is 9.37. The summed E-state index contributed by atoms with van der Waals surface area (Å²) in [7, 11) is 0. The molecule has 0 spiro atoms. The molecule has 1 rings (SSSR count). The van der Waals surface area contributed by atoms with E-state index in [1.54, 1.807) is 12.1 Å². The van der Waals surface area contributed by atoms with E-state index < -0.39 is 18.7 Å². The Labute approximate surface area is 127 Å². The highest BCUT2D eigenvalue weighted by Gasteiger charge is 2.27. The molecule has 0 aliphatic carbocycles. The molecule has 0 unspecified atom stereocenters. The summed E-state index contributed by atoms with van der Waals surface area (Å²) in [6.07, 6.45) is -4.35. The third-order valence-corrected chi connectivity index (χ3v) is 2.74. The maximum absolute atomic E-state index is 11.7. The van der Waals surface area contributed by atoms with Gasteiger partial charge in [-0.25, -0.2) is 0 Å². The van der Waals surface area contributed by atoms with Crippen LogP contribution in [0.15, 0.2) is 24.3 Å². The first-order valence-electron chi connectivity index (χ1n) is 5.66. The highest BCUT2D eigenvalue weighted by atomic mass is 127. The number of ether oxygens (including phenoxy) is 2. The molecule has 0 aliphatic rings. The minimum atomic E-state index is -4.35. The van der Waals surface area contributed by atoms with Gasteiger partial charge >= 0.3 is 6.18 Å². The van der Waals surface area contributed by atoms with Crippen LogP contribution in [0.5, 0.6) is 5.75 Å². The van der Waals surface area contributed by atoms with Crippen LogP contribution in [0.2, 0.25) is 0 Å². The number of rotatable bonds is 7. The standard InChI is InChI=1S/C12H13F3INO3/c13-12(14,15)8-19-6-5-17-11(18)7-20-10-3-1-9(16)2-4-10/h1-4H,5-8H2,(H,17,18). The van der Waals surface area contributed by atoms with E-state index in [2.05, 4.69) is 32.6 Å². The summed E-state index contributed by atoms with van der Waals surface area (Å²) in [5.74, 6) is 0.132. The zero-order valence-electron chi connectivity index (χ0n) is 10.4. The summed E-state index contributed by atoms with van der Waals surface area (Å²) in [5, 5.41) is 2.39. The molecular weight excluding hydrogens is 390 g/mol. The molecular formula is C12H13F3INO3. The van der Waals surface area contributed by atoms with Gasteiger partial charge in [-0.2, -0.15) is 13.2 Å². The fourth-order valence-electron chi connectivity index (χ4n) is 1.18. The number of alkyl halides is 3. The highest BCUT2D eigenvalue weighted by molar-refractivity contribution is 14.1. The molecule has 20 heavy (non-hydrogen) atoms. The summed E-state index contributed by atoms with van der Waals surface area (Å²) >= 11 is 2.14. The van der Waals surface area contributed by atoms with E-state index in [0.717, 1.165) is 3.57 Å². The monoisotopic (exact) mass is 403 g/mol. The number of hydrogen-bond donors (Lipinski definition) is 1. The van der Waals surface area contributed by atoms with Crippen LogP contribution in [0.4, 0.5) is 13.2 Å². The van der Waals surface area contributed by atoms with Crippen molar-refractivity contribution in [3.63, 3.8) is 0 Å².